The molecule has 3 heteroatoms. The summed E-state index contributed by atoms with van der Waals surface area (Å²) in [5.74, 6) is 0. The minimum absolute atomic E-state index is 0.711. The van der Waals surface area contributed by atoms with Gasteiger partial charge in [0, 0.05) is 10.6 Å². The van der Waals surface area contributed by atoms with Crippen LogP contribution in [0.15, 0.2) is 24.3 Å². The van der Waals surface area contributed by atoms with Gasteiger partial charge in [0.25, 0.3) is 0 Å². The van der Waals surface area contributed by atoms with Crippen molar-refractivity contribution in [3.05, 3.63) is 50.8 Å². The van der Waals surface area contributed by atoms with Gasteiger partial charge in [0.1, 0.15) is 0 Å². The summed E-state index contributed by atoms with van der Waals surface area (Å²) in [7, 11) is 0. The lowest BCUT2D eigenvalue weighted by atomic mass is 10.0. The lowest BCUT2D eigenvalue weighted by Gasteiger charge is -2.14. The molecule has 2 aromatic rings. The van der Waals surface area contributed by atoms with E-state index in [0.717, 1.165) is 13.0 Å². The Morgan fingerprint density at radius 3 is 2.67 bits per heavy atom. The van der Waals surface area contributed by atoms with E-state index in [1.165, 1.54) is 41.0 Å². The van der Waals surface area contributed by atoms with Gasteiger partial charge >= 0.3 is 0 Å². The molecule has 18 heavy (non-hydrogen) atoms. The summed E-state index contributed by atoms with van der Waals surface area (Å²) in [4.78, 5) is 2.15. The molecule has 1 N–H and O–H groups in total. The highest BCUT2D eigenvalue weighted by atomic mass is 32.1. The maximum Gasteiger partial charge on any atom is 0.182 e. The Bertz CT molecular complexity index is 604. The number of nitrogens with zero attached hydrogens (tertiary/aromatic N) is 1. The van der Waals surface area contributed by atoms with E-state index in [1.54, 1.807) is 11.3 Å². The molecule has 1 aliphatic rings. The van der Waals surface area contributed by atoms with Crippen molar-refractivity contribution in [2.75, 3.05) is 0 Å². The lowest BCUT2D eigenvalue weighted by Crippen LogP contribution is -2.18. The molecule has 0 spiro atoms. The first-order valence-corrected chi connectivity index (χ1v) is 7.37. The summed E-state index contributed by atoms with van der Waals surface area (Å²) in [6.45, 7) is 2.96. The molecule has 0 unspecified atom stereocenters. The maximum atomic E-state index is 8.14. The van der Waals surface area contributed by atoms with Crippen LogP contribution in [0, 0.1) is 12.3 Å². The van der Waals surface area contributed by atoms with Gasteiger partial charge in [0.15, 0.2) is 4.80 Å². The Labute approximate surface area is 111 Å². The number of hydrogen-bond acceptors (Lipinski definition) is 2. The van der Waals surface area contributed by atoms with Crippen molar-refractivity contribution in [3.8, 4) is 0 Å². The van der Waals surface area contributed by atoms with Crippen molar-refractivity contribution >= 4 is 11.3 Å². The highest BCUT2D eigenvalue weighted by molar-refractivity contribution is 7.09. The molecular formula is C15H18N2S. The van der Waals surface area contributed by atoms with Crippen molar-refractivity contribution in [1.29, 1.82) is 5.41 Å². The normalized spacial score (nSPS) is 14.5. The first kappa shape index (κ1) is 11.7. The van der Waals surface area contributed by atoms with Crippen LogP contribution in [-0.2, 0) is 19.4 Å². The van der Waals surface area contributed by atoms with E-state index in [4.69, 9.17) is 5.41 Å². The van der Waals surface area contributed by atoms with Gasteiger partial charge in [-0.1, -0.05) is 29.8 Å². The van der Waals surface area contributed by atoms with Crippen molar-refractivity contribution in [3.63, 3.8) is 0 Å². The molecule has 1 aromatic carbocycles. The van der Waals surface area contributed by atoms with Crippen LogP contribution in [0.25, 0.3) is 0 Å². The molecule has 0 radical (unpaired) electrons. The first-order valence-electron chi connectivity index (χ1n) is 6.55. The Morgan fingerprint density at radius 1 is 1.17 bits per heavy atom. The summed E-state index contributed by atoms with van der Waals surface area (Å²) >= 11 is 1.67. The third kappa shape index (κ3) is 2.15. The second-order valence-electron chi connectivity index (χ2n) is 5.06. The van der Waals surface area contributed by atoms with Crippen LogP contribution in [0.1, 0.15) is 34.5 Å². The van der Waals surface area contributed by atoms with Crippen LogP contribution in [-0.4, -0.2) is 4.57 Å². The Morgan fingerprint density at radius 2 is 1.89 bits per heavy atom. The van der Waals surface area contributed by atoms with E-state index in [9.17, 15) is 0 Å². The fourth-order valence-electron chi connectivity index (χ4n) is 2.59. The van der Waals surface area contributed by atoms with E-state index in [1.807, 2.05) is 0 Å². The largest absolute Gasteiger partial charge is 0.317 e. The van der Waals surface area contributed by atoms with Crippen molar-refractivity contribution in [2.45, 2.75) is 39.2 Å². The molecule has 0 saturated carbocycles. The molecule has 1 aliphatic carbocycles. The van der Waals surface area contributed by atoms with E-state index in [0.29, 0.717) is 4.80 Å². The summed E-state index contributed by atoms with van der Waals surface area (Å²) in [5, 5.41) is 8.14. The molecule has 3 rings (SSSR count). The van der Waals surface area contributed by atoms with Crippen LogP contribution in [0.2, 0.25) is 0 Å². The van der Waals surface area contributed by atoms with Crippen LogP contribution in [0.4, 0.5) is 0 Å². The van der Waals surface area contributed by atoms with Gasteiger partial charge in [0.05, 0.1) is 6.54 Å². The molecule has 1 aromatic heterocycles. The third-order valence-corrected chi connectivity index (χ3v) is 4.74. The van der Waals surface area contributed by atoms with Crippen molar-refractivity contribution in [2.24, 2.45) is 0 Å². The minimum Gasteiger partial charge on any atom is -0.317 e. The van der Waals surface area contributed by atoms with Crippen LogP contribution < -0.4 is 4.80 Å². The van der Waals surface area contributed by atoms with Crippen molar-refractivity contribution < 1.29 is 0 Å². The van der Waals surface area contributed by atoms with Gasteiger partial charge < -0.3 is 4.57 Å². The number of benzene rings is 1. The number of rotatable bonds is 2. The van der Waals surface area contributed by atoms with Crippen LogP contribution in [0.5, 0.6) is 0 Å². The van der Waals surface area contributed by atoms with Crippen LogP contribution >= 0.6 is 11.3 Å². The fourth-order valence-corrected chi connectivity index (χ4v) is 3.69. The molecular weight excluding hydrogens is 240 g/mol. The summed E-state index contributed by atoms with van der Waals surface area (Å²) in [6.07, 6.45) is 4.89. The predicted molar refractivity (Wildman–Crippen MR) is 75.1 cm³/mol. The smallest absolute Gasteiger partial charge is 0.182 e. The SMILES string of the molecule is Cc1ccc(Cn2c3c(sc2=N)CCCC3)cc1. The average molecular weight is 258 g/mol. The van der Waals surface area contributed by atoms with Gasteiger partial charge in [-0.3, -0.25) is 5.41 Å². The standard InChI is InChI=1S/C15H18N2S/c1-11-6-8-12(9-7-11)10-17-13-4-2-3-5-14(13)18-15(17)16/h6-9,16H,2-5,10H2,1H3. The van der Waals surface area contributed by atoms with E-state index >= 15 is 0 Å². The van der Waals surface area contributed by atoms with Gasteiger partial charge in [-0.15, -0.1) is 11.3 Å². The average Bonchev–Trinajstić information content (AvgIpc) is 2.69. The zero-order valence-corrected chi connectivity index (χ0v) is 11.5. The highest BCUT2D eigenvalue weighted by Gasteiger charge is 2.16. The topological polar surface area (TPSA) is 28.8 Å². The predicted octanol–water partition coefficient (Wildman–Crippen LogP) is 3.26. The molecule has 0 bridgehead atoms. The summed E-state index contributed by atoms with van der Waals surface area (Å²) < 4.78 is 2.20. The molecule has 0 aliphatic heterocycles. The van der Waals surface area contributed by atoms with Gasteiger partial charge in [-0.25, -0.2) is 0 Å². The number of hydrogen-bond donors (Lipinski definition) is 1. The number of thiazole rings is 1. The number of fused-ring (bicyclic) bond motifs is 1. The molecule has 2 nitrogen and oxygen atoms in total. The van der Waals surface area contributed by atoms with E-state index < -0.39 is 0 Å². The monoisotopic (exact) mass is 258 g/mol. The molecule has 0 amide bonds. The number of nitrogens with one attached hydrogen (secondary N) is 1. The van der Waals surface area contributed by atoms with Crippen LogP contribution in [0.3, 0.4) is 0 Å². The van der Waals surface area contributed by atoms with Crippen molar-refractivity contribution in [1.82, 2.24) is 4.57 Å². The zero-order valence-electron chi connectivity index (χ0n) is 10.7. The summed E-state index contributed by atoms with van der Waals surface area (Å²) in [5.41, 5.74) is 4.00. The highest BCUT2D eigenvalue weighted by Crippen LogP contribution is 2.24. The summed E-state index contributed by atoms with van der Waals surface area (Å²) in [6, 6.07) is 8.65. The molecule has 94 valence electrons. The van der Waals surface area contributed by atoms with Gasteiger partial charge in [0.2, 0.25) is 0 Å². The molecule has 0 saturated heterocycles. The second-order valence-corrected chi connectivity index (χ2v) is 6.14. The van der Waals surface area contributed by atoms with E-state index in [-0.39, 0.29) is 0 Å². The Balaban J connectivity index is 1.95. The van der Waals surface area contributed by atoms with Gasteiger partial charge in [-0.2, -0.15) is 0 Å². The maximum absolute atomic E-state index is 8.14. The zero-order chi connectivity index (χ0) is 12.5. The first-order chi connectivity index (χ1) is 8.74. The second kappa shape index (κ2) is 4.73. The number of aryl methyl sites for hydroxylation is 2. The molecule has 0 fully saturated rings. The quantitative estimate of drug-likeness (QED) is 0.856. The van der Waals surface area contributed by atoms with Gasteiger partial charge in [-0.05, 0) is 38.2 Å². The minimum atomic E-state index is 0.711. The fraction of sp³-hybridized carbons (Fsp3) is 0.400. The van der Waals surface area contributed by atoms with E-state index in [2.05, 4.69) is 35.8 Å². The molecule has 1 heterocycles. The Kier molecular flexibility index (Phi) is 3.08. The Hall–Kier alpha value is -1.35. The lowest BCUT2D eigenvalue weighted by molar-refractivity contribution is 0.619. The number of aromatic nitrogens is 1. The molecule has 0 atom stereocenters. The third-order valence-electron chi connectivity index (χ3n) is 3.64.